The molecule has 3 heterocycles. The lowest BCUT2D eigenvalue weighted by Gasteiger charge is -2.43. The van der Waals surface area contributed by atoms with Crippen molar-refractivity contribution in [2.24, 2.45) is 0 Å². The average Bonchev–Trinajstić information content (AvgIpc) is 2.83. The monoisotopic (exact) mass is 478 g/mol. The Morgan fingerprint density at radius 2 is 1.71 bits per heavy atom. The summed E-state index contributed by atoms with van der Waals surface area (Å²) in [5.41, 5.74) is 1.68. The average molecular weight is 479 g/mol. The van der Waals surface area contributed by atoms with Crippen LogP contribution in [0.5, 0.6) is 5.75 Å². The molecule has 8 heteroatoms. The van der Waals surface area contributed by atoms with Crippen LogP contribution in [0.4, 0.5) is 4.79 Å². The predicted molar refractivity (Wildman–Crippen MR) is 133 cm³/mol. The molecule has 8 nitrogen and oxygen atoms in total. The lowest BCUT2D eigenvalue weighted by Crippen LogP contribution is -2.50. The van der Waals surface area contributed by atoms with E-state index in [-0.39, 0.29) is 17.8 Å². The van der Waals surface area contributed by atoms with E-state index in [1.165, 1.54) is 0 Å². The summed E-state index contributed by atoms with van der Waals surface area (Å²) in [7, 11) is 0. The van der Waals surface area contributed by atoms with Crippen LogP contribution >= 0.6 is 0 Å². The van der Waals surface area contributed by atoms with Crippen LogP contribution in [0.3, 0.4) is 0 Å². The molecule has 0 bridgehead atoms. The Balaban J connectivity index is 1.60. The Morgan fingerprint density at radius 3 is 2.31 bits per heavy atom. The highest BCUT2D eigenvalue weighted by atomic mass is 16.6. The lowest BCUT2D eigenvalue weighted by atomic mass is 9.83. The summed E-state index contributed by atoms with van der Waals surface area (Å²) in [5.74, 6) is 0.812. The molecule has 2 aliphatic rings. The van der Waals surface area contributed by atoms with Crippen LogP contribution < -0.4 is 4.74 Å². The van der Waals surface area contributed by atoms with Crippen LogP contribution in [-0.4, -0.2) is 69.1 Å². The number of carbonyl (C=O) groups excluding carboxylic acids is 2. The normalized spacial score (nSPS) is 16.7. The first-order chi connectivity index (χ1) is 16.6. The summed E-state index contributed by atoms with van der Waals surface area (Å²) >= 11 is 0. The van der Waals surface area contributed by atoms with E-state index >= 15 is 0 Å². The number of benzene rings is 1. The van der Waals surface area contributed by atoms with Crippen molar-refractivity contribution >= 4 is 17.6 Å². The zero-order valence-electron chi connectivity index (χ0n) is 21.2. The minimum atomic E-state index is -0.544. The van der Waals surface area contributed by atoms with E-state index in [1.807, 2.05) is 58.9 Å². The van der Waals surface area contributed by atoms with E-state index in [0.29, 0.717) is 39.0 Å². The minimum Gasteiger partial charge on any atom is -0.482 e. The molecule has 186 valence electrons. The number of nitrogens with zero attached hydrogens (tertiary/aromatic N) is 4. The molecule has 0 N–H and O–H groups in total. The minimum absolute atomic E-state index is 0.172. The highest BCUT2D eigenvalue weighted by Crippen LogP contribution is 2.43. The Kier molecular flexibility index (Phi) is 6.83. The molecule has 0 unspecified atom stereocenters. The summed E-state index contributed by atoms with van der Waals surface area (Å²) < 4.78 is 12.1. The van der Waals surface area contributed by atoms with Crippen LogP contribution in [0.25, 0.3) is 5.57 Å². The number of hydrogen-bond donors (Lipinski definition) is 0. The summed E-state index contributed by atoms with van der Waals surface area (Å²) in [4.78, 5) is 37.4. The Hall–Kier alpha value is -3.42. The second-order valence-electron chi connectivity index (χ2n) is 9.96. The molecular formula is C27H34N4O4. The molecule has 0 radical (unpaired) electrons. The number of likely N-dealkylation sites (tertiary alicyclic amines) is 1. The van der Waals surface area contributed by atoms with Crippen molar-refractivity contribution < 1.29 is 19.1 Å². The van der Waals surface area contributed by atoms with Gasteiger partial charge in [0.1, 0.15) is 17.0 Å². The first kappa shape index (κ1) is 24.7. The van der Waals surface area contributed by atoms with Gasteiger partial charge in [0.2, 0.25) is 5.82 Å². The van der Waals surface area contributed by atoms with Gasteiger partial charge < -0.3 is 19.3 Å². The largest absolute Gasteiger partial charge is 0.482 e. The molecule has 4 rings (SSSR count). The van der Waals surface area contributed by atoms with Crippen LogP contribution in [0.15, 0.2) is 42.7 Å². The van der Waals surface area contributed by atoms with E-state index in [0.717, 1.165) is 22.4 Å². The molecule has 1 aromatic carbocycles. The van der Waals surface area contributed by atoms with Gasteiger partial charge in [-0.25, -0.2) is 14.8 Å². The van der Waals surface area contributed by atoms with Gasteiger partial charge in [-0.1, -0.05) is 18.2 Å². The topological polar surface area (TPSA) is 84.9 Å². The number of fused-ring (bicyclic) bond motifs is 1. The third kappa shape index (κ3) is 5.31. The Bertz CT molecular complexity index is 1110. The zero-order chi connectivity index (χ0) is 25.2. The number of aromatic nitrogens is 2. The Labute approximate surface area is 207 Å². The predicted octanol–water partition coefficient (Wildman–Crippen LogP) is 4.55. The number of para-hydroxylation sites is 1. The SMILES string of the molecule is CCN(CC)C(=O)c1ncc(C2=CC3(CCN(C(=O)OC(C)(C)C)CC3)Oc3ccccc32)cn1. The van der Waals surface area contributed by atoms with Gasteiger partial charge in [-0.15, -0.1) is 0 Å². The van der Waals surface area contributed by atoms with E-state index in [4.69, 9.17) is 9.47 Å². The summed E-state index contributed by atoms with van der Waals surface area (Å²) in [6.07, 6.45) is 6.54. The van der Waals surface area contributed by atoms with E-state index in [9.17, 15) is 9.59 Å². The number of hydrogen-bond acceptors (Lipinski definition) is 6. The number of ether oxygens (including phenoxy) is 2. The Morgan fingerprint density at radius 1 is 1.09 bits per heavy atom. The molecule has 1 saturated heterocycles. The third-order valence-electron chi connectivity index (χ3n) is 6.36. The first-order valence-corrected chi connectivity index (χ1v) is 12.3. The number of amides is 2. The van der Waals surface area contributed by atoms with Crippen LogP contribution in [-0.2, 0) is 4.74 Å². The summed E-state index contributed by atoms with van der Waals surface area (Å²) in [6.45, 7) is 11.8. The highest BCUT2D eigenvalue weighted by Gasteiger charge is 2.41. The maximum absolute atomic E-state index is 12.6. The maximum Gasteiger partial charge on any atom is 0.410 e. The fourth-order valence-corrected chi connectivity index (χ4v) is 4.48. The summed E-state index contributed by atoms with van der Waals surface area (Å²) in [5, 5.41) is 0. The van der Waals surface area contributed by atoms with Gasteiger partial charge in [-0.2, -0.15) is 0 Å². The van der Waals surface area contributed by atoms with Gasteiger partial charge >= 0.3 is 6.09 Å². The smallest absolute Gasteiger partial charge is 0.410 e. The molecule has 0 aliphatic carbocycles. The van der Waals surface area contributed by atoms with E-state index in [2.05, 4.69) is 16.0 Å². The van der Waals surface area contributed by atoms with E-state index < -0.39 is 11.2 Å². The molecule has 2 aliphatic heterocycles. The molecule has 1 aromatic heterocycles. The van der Waals surface area contributed by atoms with E-state index in [1.54, 1.807) is 22.2 Å². The molecule has 35 heavy (non-hydrogen) atoms. The van der Waals surface area contributed by atoms with Crippen LogP contribution in [0.1, 0.15) is 69.2 Å². The zero-order valence-corrected chi connectivity index (χ0v) is 21.2. The van der Waals surface area contributed by atoms with Crippen molar-refractivity contribution in [3.63, 3.8) is 0 Å². The van der Waals surface area contributed by atoms with Crippen molar-refractivity contribution in [3.05, 3.63) is 59.7 Å². The number of piperidine rings is 1. The van der Waals surface area contributed by atoms with Crippen LogP contribution in [0, 0.1) is 0 Å². The highest BCUT2D eigenvalue weighted by molar-refractivity contribution is 5.91. The van der Waals surface area contributed by atoms with Crippen molar-refractivity contribution in [1.29, 1.82) is 0 Å². The van der Waals surface area contributed by atoms with Gasteiger partial charge in [0.05, 0.1) is 0 Å². The van der Waals surface area contributed by atoms with Gasteiger partial charge in [-0.3, -0.25) is 4.79 Å². The standard InChI is InChI=1S/C27H34N4O4/c1-6-30(7-2)24(32)23-28-17-19(18-29-23)21-16-27(34-22-11-9-8-10-20(21)22)12-14-31(15-13-27)25(33)35-26(3,4)5/h8-11,16-18H,6-7,12-15H2,1-5H3. The van der Waals surface area contributed by atoms with Crippen molar-refractivity contribution in [2.75, 3.05) is 26.2 Å². The molecule has 0 atom stereocenters. The molecule has 0 saturated carbocycles. The number of carbonyl (C=O) groups is 2. The van der Waals surface area contributed by atoms with Crippen LogP contribution in [0.2, 0.25) is 0 Å². The fourth-order valence-electron chi connectivity index (χ4n) is 4.48. The van der Waals surface area contributed by atoms with Gasteiger partial charge in [-0.05, 0) is 52.3 Å². The van der Waals surface area contributed by atoms with Gasteiger partial charge in [0.15, 0.2) is 0 Å². The fraction of sp³-hybridized carbons (Fsp3) is 0.481. The molecule has 1 fully saturated rings. The second-order valence-corrected chi connectivity index (χ2v) is 9.96. The van der Waals surface area contributed by atoms with Crippen molar-refractivity contribution in [2.45, 2.75) is 58.7 Å². The molecule has 2 amide bonds. The van der Waals surface area contributed by atoms with Gasteiger partial charge in [0, 0.05) is 62.5 Å². The lowest BCUT2D eigenvalue weighted by molar-refractivity contribution is -0.00117. The molecule has 1 spiro atoms. The molecule has 2 aromatic rings. The second kappa shape index (κ2) is 9.68. The maximum atomic E-state index is 12.6. The number of rotatable bonds is 4. The third-order valence-corrected chi connectivity index (χ3v) is 6.36. The van der Waals surface area contributed by atoms with Crippen molar-refractivity contribution in [1.82, 2.24) is 19.8 Å². The summed E-state index contributed by atoms with van der Waals surface area (Å²) in [6, 6.07) is 7.90. The quantitative estimate of drug-likeness (QED) is 0.641. The molecular weight excluding hydrogens is 444 g/mol. The van der Waals surface area contributed by atoms with Crippen molar-refractivity contribution in [3.8, 4) is 5.75 Å². The van der Waals surface area contributed by atoms with Gasteiger partial charge in [0.25, 0.3) is 5.91 Å². The first-order valence-electron chi connectivity index (χ1n) is 12.3.